The fourth-order valence-electron chi connectivity index (χ4n) is 4.29. The predicted octanol–water partition coefficient (Wildman–Crippen LogP) is 4.60. The lowest BCUT2D eigenvalue weighted by Crippen LogP contribution is -2.29. The summed E-state index contributed by atoms with van der Waals surface area (Å²) in [6, 6.07) is 10.9. The zero-order valence-electron chi connectivity index (χ0n) is 18.5. The Hall–Kier alpha value is -3.50. The standard InChI is InChI=1S/C26H22BrNO5/c1-5-11-33-20-13-18(27)17(12-19(20)32-6-2)22-21(26(30)31-4)14(3)28-24-15-9-7-8-10-16(15)25(29)23(22)24/h1,7-10,12-13,22,28H,6,11H2,2-4H3/t22-/m0/s1. The van der Waals surface area contributed by atoms with Gasteiger partial charge in [-0.15, -0.1) is 6.42 Å². The van der Waals surface area contributed by atoms with Gasteiger partial charge in [-0.25, -0.2) is 4.79 Å². The molecule has 0 spiro atoms. The number of terminal acetylenes is 1. The molecule has 0 saturated carbocycles. The lowest BCUT2D eigenvalue weighted by atomic mass is 9.79. The molecule has 0 radical (unpaired) electrons. The number of benzene rings is 2. The van der Waals surface area contributed by atoms with Crippen LogP contribution in [0.2, 0.25) is 0 Å². The number of rotatable bonds is 6. The fourth-order valence-corrected chi connectivity index (χ4v) is 4.84. The highest BCUT2D eigenvalue weighted by atomic mass is 79.9. The smallest absolute Gasteiger partial charge is 0.336 e. The van der Waals surface area contributed by atoms with Gasteiger partial charge in [0.1, 0.15) is 6.61 Å². The number of methoxy groups -OCH3 is 1. The van der Waals surface area contributed by atoms with Crippen LogP contribution in [0, 0.1) is 12.3 Å². The van der Waals surface area contributed by atoms with Crippen LogP contribution in [-0.2, 0) is 9.53 Å². The Balaban J connectivity index is 1.95. The highest BCUT2D eigenvalue weighted by Gasteiger charge is 2.43. The van der Waals surface area contributed by atoms with Crippen molar-refractivity contribution < 1.29 is 23.8 Å². The molecule has 1 atom stereocenters. The molecule has 4 rings (SSSR count). The van der Waals surface area contributed by atoms with Crippen LogP contribution in [0.15, 0.2) is 57.7 Å². The number of halogens is 1. The molecule has 1 heterocycles. The molecule has 168 valence electrons. The van der Waals surface area contributed by atoms with E-state index in [0.29, 0.717) is 56.2 Å². The summed E-state index contributed by atoms with van der Waals surface area (Å²) in [6.45, 7) is 4.14. The summed E-state index contributed by atoms with van der Waals surface area (Å²) in [5.74, 6) is 2.05. The summed E-state index contributed by atoms with van der Waals surface area (Å²) < 4.78 is 17.2. The van der Waals surface area contributed by atoms with Gasteiger partial charge in [0, 0.05) is 26.9 Å². The molecule has 0 bridgehead atoms. The second kappa shape index (κ2) is 9.16. The van der Waals surface area contributed by atoms with Crippen LogP contribution >= 0.6 is 15.9 Å². The topological polar surface area (TPSA) is 73.9 Å². The van der Waals surface area contributed by atoms with Gasteiger partial charge in [-0.1, -0.05) is 46.1 Å². The molecule has 0 saturated heterocycles. The minimum absolute atomic E-state index is 0.0781. The van der Waals surface area contributed by atoms with E-state index >= 15 is 0 Å². The van der Waals surface area contributed by atoms with Crippen molar-refractivity contribution in [3.8, 4) is 23.8 Å². The minimum atomic E-state index is -0.677. The average molecular weight is 508 g/mol. The number of dihydropyridines is 1. The van der Waals surface area contributed by atoms with E-state index in [1.165, 1.54) is 7.11 Å². The number of esters is 1. The van der Waals surface area contributed by atoms with Crippen LogP contribution in [-0.4, -0.2) is 32.1 Å². The van der Waals surface area contributed by atoms with E-state index in [9.17, 15) is 9.59 Å². The molecule has 2 aliphatic rings. The average Bonchev–Trinajstić information content (AvgIpc) is 3.09. The molecular weight excluding hydrogens is 486 g/mol. The Labute approximate surface area is 200 Å². The lowest BCUT2D eigenvalue weighted by molar-refractivity contribution is -0.136. The number of hydrogen-bond donors (Lipinski definition) is 1. The van der Waals surface area contributed by atoms with Gasteiger partial charge in [-0.3, -0.25) is 4.79 Å². The molecule has 0 amide bonds. The summed E-state index contributed by atoms with van der Waals surface area (Å²) in [5, 5.41) is 3.27. The molecule has 0 unspecified atom stereocenters. The zero-order chi connectivity index (χ0) is 23.7. The molecule has 0 fully saturated rings. The van der Waals surface area contributed by atoms with E-state index in [0.717, 1.165) is 5.56 Å². The van der Waals surface area contributed by atoms with Crippen LogP contribution in [0.5, 0.6) is 11.5 Å². The number of carbonyl (C=O) groups excluding carboxylic acids is 2. The maximum Gasteiger partial charge on any atom is 0.336 e. The Morgan fingerprint density at radius 3 is 2.55 bits per heavy atom. The highest BCUT2D eigenvalue weighted by molar-refractivity contribution is 9.10. The molecule has 33 heavy (non-hydrogen) atoms. The third-order valence-corrected chi connectivity index (χ3v) is 6.33. The van der Waals surface area contributed by atoms with Gasteiger partial charge in [-0.05, 0) is 31.5 Å². The zero-order valence-corrected chi connectivity index (χ0v) is 20.0. The molecule has 6 nitrogen and oxygen atoms in total. The third kappa shape index (κ3) is 3.81. The first-order valence-electron chi connectivity index (χ1n) is 10.4. The van der Waals surface area contributed by atoms with E-state index in [2.05, 4.69) is 27.2 Å². The second-order valence-electron chi connectivity index (χ2n) is 7.50. The highest BCUT2D eigenvalue weighted by Crippen LogP contribution is 2.50. The Morgan fingerprint density at radius 2 is 1.88 bits per heavy atom. The van der Waals surface area contributed by atoms with Gasteiger partial charge in [0.25, 0.3) is 0 Å². The van der Waals surface area contributed by atoms with Crippen molar-refractivity contribution in [2.45, 2.75) is 19.8 Å². The summed E-state index contributed by atoms with van der Waals surface area (Å²) in [4.78, 5) is 26.5. The van der Waals surface area contributed by atoms with Crippen LogP contribution < -0.4 is 14.8 Å². The number of nitrogens with one attached hydrogen (secondary N) is 1. The summed E-state index contributed by atoms with van der Waals surface area (Å²) in [7, 11) is 1.33. The van der Waals surface area contributed by atoms with E-state index in [-0.39, 0.29) is 12.4 Å². The molecule has 0 aromatic heterocycles. The van der Waals surface area contributed by atoms with E-state index in [1.54, 1.807) is 25.1 Å². The number of ketones is 1. The molecule has 7 heteroatoms. The quantitative estimate of drug-likeness (QED) is 0.454. The van der Waals surface area contributed by atoms with Gasteiger partial charge in [0.15, 0.2) is 17.3 Å². The summed E-state index contributed by atoms with van der Waals surface area (Å²) >= 11 is 3.61. The summed E-state index contributed by atoms with van der Waals surface area (Å²) in [5.41, 5.74) is 4.24. The van der Waals surface area contributed by atoms with Crippen LogP contribution in [0.1, 0.15) is 41.3 Å². The lowest BCUT2D eigenvalue weighted by Gasteiger charge is -2.30. The number of fused-ring (bicyclic) bond motifs is 2. The van der Waals surface area contributed by atoms with Crippen LogP contribution in [0.4, 0.5) is 0 Å². The Kier molecular flexibility index (Phi) is 6.30. The Morgan fingerprint density at radius 1 is 1.18 bits per heavy atom. The molecular formula is C26H22BrNO5. The first-order chi connectivity index (χ1) is 15.9. The van der Waals surface area contributed by atoms with Crippen molar-refractivity contribution in [1.82, 2.24) is 5.32 Å². The van der Waals surface area contributed by atoms with Crippen LogP contribution in [0.3, 0.4) is 0 Å². The van der Waals surface area contributed by atoms with Crippen molar-refractivity contribution in [1.29, 1.82) is 0 Å². The summed E-state index contributed by atoms with van der Waals surface area (Å²) in [6.07, 6.45) is 5.35. The van der Waals surface area contributed by atoms with Gasteiger partial charge in [-0.2, -0.15) is 0 Å². The number of Topliss-reactive ketones (excluding diaryl/α,β-unsaturated/α-hetero) is 1. The van der Waals surface area contributed by atoms with Crippen molar-refractivity contribution in [3.05, 3.63) is 74.4 Å². The predicted molar refractivity (Wildman–Crippen MR) is 128 cm³/mol. The second-order valence-corrected chi connectivity index (χ2v) is 8.35. The van der Waals surface area contributed by atoms with Crippen molar-refractivity contribution in [3.63, 3.8) is 0 Å². The van der Waals surface area contributed by atoms with E-state index in [1.807, 2.05) is 25.1 Å². The minimum Gasteiger partial charge on any atom is -0.490 e. The van der Waals surface area contributed by atoms with Crippen molar-refractivity contribution in [2.24, 2.45) is 0 Å². The van der Waals surface area contributed by atoms with E-state index < -0.39 is 11.9 Å². The van der Waals surface area contributed by atoms with Gasteiger partial charge >= 0.3 is 5.97 Å². The van der Waals surface area contributed by atoms with Gasteiger partial charge in [0.2, 0.25) is 0 Å². The molecule has 2 aromatic rings. The molecule has 2 aromatic carbocycles. The molecule has 1 aliphatic heterocycles. The maximum atomic E-state index is 13.5. The number of hydrogen-bond acceptors (Lipinski definition) is 6. The first-order valence-corrected chi connectivity index (χ1v) is 11.2. The number of allylic oxidation sites excluding steroid dienone is 2. The monoisotopic (exact) mass is 507 g/mol. The maximum absolute atomic E-state index is 13.5. The number of carbonyl (C=O) groups is 2. The van der Waals surface area contributed by atoms with Crippen molar-refractivity contribution in [2.75, 3.05) is 20.3 Å². The Bertz CT molecular complexity index is 1270. The first kappa shape index (κ1) is 22.7. The molecule has 1 N–H and O–H groups in total. The van der Waals surface area contributed by atoms with E-state index in [4.69, 9.17) is 20.6 Å². The van der Waals surface area contributed by atoms with Crippen molar-refractivity contribution >= 4 is 33.4 Å². The molecule has 1 aliphatic carbocycles. The number of ether oxygens (including phenoxy) is 3. The SMILES string of the molecule is C#CCOc1cc(Br)c([C@H]2C(C(=O)OC)=C(C)NC3=C2C(=O)c2ccccc23)cc1OCC. The van der Waals surface area contributed by atoms with Crippen LogP contribution in [0.25, 0.3) is 5.70 Å². The fraction of sp³-hybridized carbons (Fsp3) is 0.231. The third-order valence-electron chi connectivity index (χ3n) is 5.64. The largest absolute Gasteiger partial charge is 0.490 e. The van der Waals surface area contributed by atoms with Gasteiger partial charge < -0.3 is 19.5 Å². The van der Waals surface area contributed by atoms with Gasteiger partial charge in [0.05, 0.1) is 30.9 Å². The normalized spacial score (nSPS) is 16.6.